The van der Waals surface area contributed by atoms with Gasteiger partial charge in [0.15, 0.2) is 0 Å². The quantitative estimate of drug-likeness (QED) is 0.880. The first kappa shape index (κ1) is 10.8. The lowest BCUT2D eigenvalue weighted by Crippen LogP contribution is -2.01. The second-order valence-electron chi connectivity index (χ2n) is 3.38. The molecule has 0 aliphatic carbocycles. The van der Waals surface area contributed by atoms with Crippen molar-refractivity contribution in [1.82, 2.24) is 4.98 Å². The van der Waals surface area contributed by atoms with Crippen LogP contribution in [-0.4, -0.2) is 10.1 Å². The minimum atomic E-state index is -0.598. The minimum absolute atomic E-state index is 0.493. The van der Waals surface area contributed by atoms with E-state index in [0.717, 1.165) is 10.6 Å². The summed E-state index contributed by atoms with van der Waals surface area (Å²) in [7, 11) is 0. The summed E-state index contributed by atoms with van der Waals surface area (Å²) in [4.78, 5) is 4.12. The summed E-state index contributed by atoms with van der Waals surface area (Å²) in [5.74, 6) is 0. The van der Waals surface area contributed by atoms with Gasteiger partial charge in [0.05, 0.1) is 22.7 Å². The Balaban J connectivity index is 2.15. The molecule has 2 aromatic rings. The van der Waals surface area contributed by atoms with Gasteiger partial charge in [-0.25, -0.2) is 4.98 Å². The van der Waals surface area contributed by atoms with Crippen LogP contribution in [0.1, 0.15) is 22.2 Å². The van der Waals surface area contributed by atoms with Crippen LogP contribution < -0.4 is 0 Å². The maximum atomic E-state index is 9.97. The lowest BCUT2D eigenvalue weighted by Gasteiger charge is -2.08. The van der Waals surface area contributed by atoms with Gasteiger partial charge in [0.2, 0.25) is 0 Å². The zero-order chi connectivity index (χ0) is 11.4. The Morgan fingerprint density at radius 1 is 1.50 bits per heavy atom. The van der Waals surface area contributed by atoms with Gasteiger partial charge >= 0.3 is 0 Å². The van der Waals surface area contributed by atoms with Crippen molar-refractivity contribution >= 4 is 11.3 Å². The number of nitrogens with zero attached hydrogens (tertiary/aromatic N) is 2. The molecular formula is C12H10N2OS. The fourth-order valence-electron chi connectivity index (χ4n) is 1.45. The van der Waals surface area contributed by atoms with Crippen LogP contribution in [0.4, 0.5) is 0 Å². The van der Waals surface area contributed by atoms with E-state index >= 15 is 0 Å². The van der Waals surface area contributed by atoms with E-state index in [4.69, 9.17) is 5.26 Å². The SMILES string of the molecule is N#Cc1cccc(C(O)Cc2nccs2)c1. The molecule has 1 N–H and O–H groups in total. The highest BCUT2D eigenvalue weighted by atomic mass is 32.1. The highest BCUT2D eigenvalue weighted by Crippen LogP contribution is 2.20. The maximum Gasteiger partial charge on any atom is 0.0991 e. The summed E-state index contributed by atoms with van der Waals surface area (Å²) in [5.41, 5.74) is 1.32. The van der Waals surface area contributed by atoms with Crippen molar-refractivity contribution < 1.29 is 5.11 Å². The van der Waals surface area contributed by atoms with Crippen molar-refractivity contribution in [2.45, 2.75) is 12.5 Å². The van der Waals surface area contributed by atoms with Crippen molar-refractivity contribution in [1.29, 1.82) is 5.26 Å². The molecule has 1 aromatic carbocycles. The summed E-state index contributed by atoms with van der Waals surface area (Å²) in [6.45, 7) is 0. The first-order valence-electron chi connectivity index (χ1n) is 4.86. The molecule has 0 bridgehead atoms. The molecule has 80 valence electrons. The van der Waals surface area contributed by atoms with Gasteiger partial charge in [-0.1, -0.05) is 12.1 Å². The molecule has 1 atom stereocenters. The molecule has 1 unspecified atom stereocenters. The van der Waals surface area contributed by atoms with Crippen molar-refractivity contribution in [3.05, 3.63) is 52.0 Å². The van der Waals surface area contributed by atoms with Crippen LogP contribution in [0.2, 0.25) is 0 Å². The molecular weight excluding hydrogens is 220 g/mol. The standard InChI is InChI=1S/C12H10N2OS/c13-8-9-2-1-3-10(6-9)11(15)7-12-14-4-5-16-12/h1-6,11,15H,7H2. The molecule has 3 nitrogen and oxygen atoms in total. The van der Waals surface area contributed by atoms with Crippen LogP contribution >= 0.6 is 11.3 Å². The van der Waals surface area contributed by atoms with E-state index in [2.05, 4.69) is 11.1 Å². The second-order valence-corrected chi connectivity index (χ2v) is 4.36. The Kier molecular flexibility index (Phi) is 3.30. The molecule has 0 saturated heterocycles. The Morgan fingerprint density at radius 3 is 3.06 bits per heavy atom. The van der Waals surface area contributed by atoms with Crippen LogP contribution in [0.3, 0.4) is 0 Å². The molecule has 0 radical (unpaired) electrons. The topological polar surface area (TPSA) is 56.9 Å². The van der Waals surface area contributed by atoms with Gasteiger partial charge in [-0.15, -0.1) is 11.3 Å². The third-order valence-electron chi connectivity index (χ3n) is 2.25. The van der Waals surface area contributed by atoms with Gasteiger partial charge in [-0.05, 0) is 17.7 Å². The van der Waals surface area contributed by atoms with Crippen LogP contribution in [0.15, 0.2) is 35.8 Å². The Morgan fingerprint density at radius 2 is 2.38 bits per heavy atom. The molecule has 0 amide bonds. The number of benzene rings is 1. The van der Waals surface area contributed by atoms with E-state index in [1.54, 1.807) is 24.4 Å². The Bertz CT molecular complexity index is 502. The van der Waals surface area contributed by atoms with Gasteiger partial charge < -0.3 is 5.11 Å². The molecule has 4 heteroatoms. The lowest BCUT2D eigenvalue weighted by atomic mass is 10.0. The van der Waals surface area contributed by atoms with Crippen molar-refractivity contribution in [2.75, 3.05) is 0 Å². The number of aromatic nitrogens is 1. The van der Waals surface area contributed by atoms with E-state index in [1.165, 1.54) is 11.3 Å². The number of aliphatic hydroxyl groups excluding tert-OH is 1. The molecule has 0 aliphatic rings. The third-order valence-corrected chi connectivity index (χ3v) is 3.05. The highest BCUT2D eigenvalue weighted by Gasteiger charge is 2.10. The summed E-state index contributed by atoms with van der Waals surface area (Å²) >= 11 is 1.52. The van der Waals surface area contributed by atoms with Crippen molar-refractivity contribution in [3.63, 3.8) is 0 Å². The predicted octanol–water partition coefficient (Wildman–Crippen LogP) is 2.29. The number of rotatable bonds is 3. The van der Waals surface area contributed by atoms with Crippen molar-refractivity contribution in [2.24, 2.45) is 0 Å². The average molecular weight is 230 g/mol. The minimum Gasteiger partial charge on any atom is -0.388 e. The second kappa shape index (κ2) is 4.88. The average Bonchev–Trinajstić information content (AvgIpc) is 2.82. The van der Waals surface area contributed by atoms with Crippen LogP contribution in [0.25, 0.3) is 0 Å². The smallest absolute Gasteiger partial charge is 0.0991 e. The first-order valence-corrected chi connectivity index (χ1v) is 5.74. The van der Waals surface area contributed by atoms with E-state index in [1.807, 2.05) is 11.4 Å². The predicted molar refractivity (Wildman–Crippen MR) is 61.9 cm³/mol. The number of aliphatic hydroxyl groups is 1. The van der Waals surface area contributed by atoms with Crippen LogP contribution in [0.5, 0.6) is 0 Å². The van der Waals surface area contributed by atoms with Gasteiger partial charge in [0.1, 0.15) is 0 Å². The normalized spacial score (nSPS) is 12.0. The molecule has 0 fully saturated rings. The molecule has 1 heterocycles. The Hall–Kier alpha value is -1.70. The zero-order valence-corrected chi connectivity index (χ0v) is 9.31. The Labute approximate surface area is 97.6 Å². The zero-order valence-electron chi connectivity index (χ0n) is 8.50. The summed E-state index contributed by atoms with van der Waals surface area (Å²) in [6, 6.07) is 9.08. The van der Waals surface area contributed by atoms with Crippen LogP contribution in [0, 0.1) is 11.3 Å². The first-order chi connectivity index (χ1) is 7.79. The molecule has 16 heavy (non-hydrogen) atoms. The van der Waals surface area contributed by atoms with E-state index < -0.39 is 6.10 Å². The fourth-order valence-corrected chi connectivity index (χ4v) is 2.11. The monoisotopic (exact) mass is 230 g/mol. The number of hydrogen-bond donors (Lipinski definition) is 1. The highest BCUT2D eigenvalue weighted by molar-refractivity contribution is 7.09. The molecule has 0 spiro atoms. The maximum absolute atomic E-state index is 9.97. The number of nitriles is 1. The molecule has 2 rings (SSSR count). The summed E-state index contributed by atoms with van der Waals surface area (Å²) in [6.07, 6.45) is 1.62. The number of hydrogen-bond acceptors (Lipinski definition) is 4. The van der Waals surface area contributed by atoms with Crippen LogP contribution in [-0.2, 0) is 6.42 Å². The van der Waals surface area contributed by atoms with Gasteiger partial charge in [-0.3, -0.25) is 0 Å². The van der Waals surface area contributed by atoms with Gasteiger partial charge in [0.25, 0.3) is 0 Å². The molecule has 1 aromatic heterocycles. The third kappa shape index (κ3) is 2.45. The van der Waals surface area contributed by atoms with Gasteiger partial charge in [0, 0.05) is 18.0 Å². The van der Waals surface area contributed by atoms with E-state index in [0.29, 0.717) is 12.0 Å². The fraction of sp³-hybridized carbons (Fsp3) is 0.167. The lowest BCUT2D eigenvalue weighted by molar-refractivity contribution is 0.178. The largest absolute Gasteiger partial charge is 0.388 e. The van der Waals surface area contributed by atoms with E-state index in [9.17, 15) is 5.11 Å². The van der Waals surface area contributed by atoms with Gasteiger partial charge in [-0.2, -0.15) is 5.26 Å². The van der Waals surface area contributed by atoms with Crippen molar-refractivity contribution in [3.8, 4) is 6.07 Å². The molecule has 0 saturated carbocycles. The summed E-state index contributed by atoms with van der Waals surface area (Å²) in [5, 5.41) is 21.5. The summed E-state index contributed by atoms with van der Waals surface area (Å²) < 4.78 is 0. The molecule has 0 aliphatic heterocycles. The number of thiazole rings is 1. The van der Waals surface area contributed by atoms with E-state index in [-0.39, 0.29) is 0 Å².